The van der Waals surface area contributed by atoms with Gasteiger partial charge in [-0.1, -0.05) is 121 Å². The van der Waals surface area contributed by atoms with Crippen LogP contribution in [0, 0.1) is 0 Å². The molecule has 0 heterocycles. The summed E-state index contributed by atoms with van der Waals surface area (Å²) in [5, 5.41) is 47.7. The highest BCUT2D eigenvalue weighted by molar-refractivity contribution is 7.77. The summed E-state index contributed by atoms with van der Waals surface area (Å²) in [5.41, 5.74) is 3.57. The van der Waals surface area contributed by atoms with E-state index in [-0.39, 0.29) is 38.1 Å². The van der Waals surface area contributed by atoms with Crippen molar-refractivity contribution in [3.8, 4) is 0 Å². The molecule has 0 spiro atoms. The van der Waals surface area contributed by atoms with Crippen molar-refractivity contribution >= 4 is 7.26 Å². The molecule has 38 heavy (non-hydrogen) atoms. The number of hydrogen-bond acceptors (Lipinski definition) is 4. The average molecular weight is 551 g/mol. The zero-order valence-electron chi connectivity index (χ0n) is 21.3. The number of benzene rings is 4. The molecule has 0 aliphatic carbocycles. The van der Waals surface area contributed by atoms with Gasteiger partial charge in [0.15, 0.2) is 23.4 Å². The molecular weight excluding hydrogens is 515 g/mol. The first kappa shape index (κ1) is 30.0. The fourth-order valence-electron chi connectivity index (χ4n) is 5.12. The Hall–Kier alpha value is -2.56. The van der Waals surface area contributed by atoms with Gasteiger partial charge in [0.2, 0.25) is 0 Å². The summed E-state index contributed by atoms with van der Waals surface area (Å²) in [5.74, 6) is -4.42. The Morgan fingerprint density at radius 1 is 0.368 bits per heavy atom. The smallest absolute Gasteiger partial charge is 0.176 e. The second-order valence-electron chi connectivity index (χ2n) is 9.58. The second-order valence-corrected chi connectivity index (χ2v) is 13.7. The van der Waals surface area contributed by atoms with Crippen molar-refractivity contribution in [1.82, 2.24) is 0 Å². The molecule has 4 nitrogen and oxygen atoms in total. The molecule has 4 rings (SSSR count). The minimum atomic E-state index is -3.30. The van der Waals surface area contributed by atoms with Gasteiger partial charge in [0.1, 0.15) is 7.26 Å². The Kier molecular flexibility index (Phi) is 11.5. The first-order valence-electron chi connectivity index (χ1n) is 12.8. The van der Waals surface area contributed by atoms with Gasteiger partial charge in [0.05, 0.1) is 0 Å². The van der Waals surface area contributed by atoms with Crippen LogP contribution < -0.4 is 12.4 Å². The van der Waals surface area contributed by atoms with E-state index in [4.69, 9.17) is 0 Å². The van der Waals surface area contributed by atoms with E-state index in [9.17, 15) is 20.4 Å². The van der Waals surface area contributed by atoms with E-state index in [1.807, 2.05) is 121 Å². The molecule has 4 atom stereocenters. The minimum absolute atomic E-state index is 0. The Morgan fingerprint density at radius 3 is 0.737 bits per heavy atom. The third-order valence-electron chi connectivity index (χ3n) is 7.11. The summed E-state index contributed by atoms with van der Waals surface area (Å²) in [6.07, 6.45) is 0.937. The first-order valence-corrected chi connectivity index (χ1v) is 14.8. The Bertz CT molecular complexity index is 1000. The molecule has 6 heteroatoms. The quantitative estimate of drug-likeness (QED) is 0.204. The van der Waals surface area contributed by atoms with Crippen molar-refractivity contribution in [3.05, 3.63) is 144 Å². The molecule has 0 bridgehead atoms. The second kappa shape index (κ2) is 14.6. The number of hydrogen-bond donors (Lipinski definition) is 4. The van der Waals surface area contributed by atoms with Crippen molar-refractivity contribution in [3.63, 3.8) is 0 Å². The molecule has 0 saturated carbocycles. The van der Waals surface area contributed by atoms with Gasteiger partial charge in [-0.2, -0.15) is 0 Å². The van der Waals surface area contributed by atoms with Crippen LogP contribution in [0.15, 0.2) is 121 Å². The van der Waals surface area contributed by atoms with Crippen LogP contribution in [-0.2, 0) is 25.7 Å². The van der Waals surface area contributed by atoms with Gasteiger partial charge in [-0.3, -0.25) is 0 Å². The predicted molar refractivity (Wildman–Crippen MR) is 152 cm³/mol. The van der Waals surface area contributed by atoms with Crippen LogP contribution in [0.5, 0.6) is 0 Å². The number of aliphatic hydroxyl groups excluding tert-OH is 4. The van der Waals surface area contributed by atoms with Crippen LogP contribution >= 0.6 is 7.26 Å². The van der Waals surface area contributed by atoms with Gasteiger partial charge in [-0.05, 0) is 22.3 Å². The van der Waals surface area contributed by atoms with Crippen LogP contribution in [-0.4, -0.2) is 43.8 Å². The van der Waals surface area contributed by atoms with Crippen LogP contribution in [0.25, 0.3) is 0 Å². The predicted octanol–water partition coefficient (Wildman–Crippen LogP) is 2.25. The van der Waals surface area contributed by atoms with Crippen molar-refractivity contribution in [1.29, 1.82) is 0 Å². The molecule has 0 amide bonds. The molecule has 0 aliphatic heterocycles. The van der Waals surface area contributed by atoms with Gasteiger partial charge >= 0.3 is 0 Å². The van der Waals surface area contributed by atoms with E-state index in [1.54, 1.807) is 0 Å². The summed E-state index contributed by atoms with van der Waals surface area (Å²) in [6, 6.07) is 38.3. The molecule has 0 radical (unpaired) electrons. The molecule has 4 aromatic rings. The maximum atomic E-state index is 11.9. The van der Waals surface area contributed by atoms with E-state index in [0.717, 1.165) is 22.3 Å². The summed E-state index contributed by atoms with van der Waals surface area (Å²) in [7, 11) is -3.30. The van der Waals surface area contributed by atoms with E-state index >= 15 is 0 Å². The van der Waals surface area contributed by atoms with Gasteiger partial charge in [-0.25, -0.2) is 0 Å². The first-order chi connectivity index (χ1) is 18.0. The van der Waals surface area contributed by atoms with Crippen LogP contribution in [0.4, 0.5) is 0 Å². The Morgan fingerprint density at radius 2 is 0.553 bits per heavy atom. The lowest BCUT2D eigenvalue weighted by atomic mass is 10.1. The van der Waals surface area contributed by atoms with Crippen LogP contribution in [0.1, 0.15) is 22.3 Å². The highest BCUT2D eigenvalue weighted by atomic mass is 35.5. The highest BCUT2D eigenvalue weighted by Gasteiger charge is 2.62. The maximum absolute atomic E-state index is 11.9. The van der Waals surface area contributed by atoms with Crippen LogP contribution in [0.2, 0.25) is 0 Å². The number of rotatable bonds is 12. The van der Waals surface area contributed by atoms with Crippen molar-refractivity contribution in [2.45, 2.75) is 49.1 Å². The minimum Gasteiger partial charge on any atom is -1.00 e. The van der Waals surface area contributed by atoms with Gasteiger partial charge in [0, 0.05) is 25.7 Å². The molecule has 0 aromatic heterocycles. The van der Waals surface area contributed by atoms with E-state index in [1.165, 1.54) is 0 Å². The standard InChI is InChI=1S/C32H36O4P.ClH/c33-29(21-25-13-5-1-6-14-25)37(30(34)22-26-15-7-2-8-16-26,31(35)23-27-17-9-3-10-18-27)32(36)24-28-19-11-4-12-20-28;/h1-20,29-36H,21-24H2;1H/q+1;/p-1. The number of aliphatic hydroxyl groups is 4. The van der Waals surface area contributed by atoms with E-state index in [0.29, 0.717) is 0 Å². The molecule has 0 fully saturated rings. The molecule has 4 unspecified atom stereocenters. The van der Waals surface area contributed by atoms with E-state index in [2.05, 4.69) is 0 Å². The summed E-state index contributed by atoms with van der Waals surface area (Å²) in [6.45, 7) is 0. The normalized spacial score (nSPS) is 15.9. The lowest BCUT2D eigenvalue weighted by Crippen LogP contribution is -3.00. The fraction of sp³-hybridized carbons (Fsp3) is 0.250. The SMILES string of the molecule is OC(Cc1ccccc1)[P+](C(O)Cc1ccccc1)(C(O)Cc1ccccc1)C(O)Cc1ccccc1.[Cl-]. The Labute approximate surface area is 232 Å². The molecule has 4 N–H and O–H groups in total. The van der Waals surface area contributed by atoms with Crippen molar-refractivity contribution in [2.24, 2.45) is 0 Å². The summed E-state index contributed by atoms with van der Waals surface area (Å²) in [4.78, 5) is 0. The molecule has 0 saturated heterocycles. The third kappa shape index (κ3) is 7.30. The average Bonchev–Trinajstić information content (AvgIpc) is 2.91. The summed E-state index contributed by atoms with van der Waals surface area (Å²) >= 11 is 0. The lowest BCUT2D eigenvalue weighted by Gasteiger charge is -2.41. The lowest BCUT2D eigenvalue weighted by molar-refractivity contribution is -0.0000153. The van der Waals surface area contributed by atoms with Crippen molar-refractivity contribution < 1.29 is 32.8 Å². The Balaban J connectivity index is 0.00000400. The fourth-order valence-corrected chi connectivity index (χ4v) is 9.62. The maximum Gasteiger partial charge on any atom is 0.176 e. The van der Waals surface area contributed by atoms with Gasteiger partial charge < -0.3 is 32.8 Å². The molecule has 0 aliphatic rings. The molecular formula is C32H36ClO4P. The largest absolute Gasteiger partial charge is 1.00 e. The van der Waals surface area contributed by atoms with E-state index < -0.39 is 30.6 Å². The zero-order chi connectivity index (χ0) is 26.1. The van der Waals surface area contributed by atoms with Crippen LogP contribution in [0.3, 0.4) is 0 Å². The molecule has 200 valence electrons. The third-order valence-corrected chi connectivity index (χ3v) is 12.0. The highest BCUT2D eigenvalue weighted by Crippen LogP contribution is 2.73. The summed E-state index contributed by atoms with van der Waals surface area (Å²) < 4.78 is 0. The number of halogens is 1. The topological polar surface area (TPSA) is 80.9 Å². The van der Waals surface area contributed by atoms with Gasteiger partial charge in [-0.15, -0.1) is 0 Å². The zero-order valence-corrected chi connectivity index (χ0v) is 22.9. The van der Waals surface area contributed by atoms with Crippen molar-refractivity contribution in [2.75, 3.05) is 0 Å². The molecule has 4 aromatic carbocycles. The monoisotopic (exact) mass is 550 g/mol. The van der Waals surface area contributed by atoms with Gasteiger partial charge in [0.25, 0.3) is 0 Å².